The third kappa shape index (κ3) is 4.25. The first-order valence-corrected chi connectivity index (χ1v) is 10.2. The minimum atomic E-state index is -0.531. The van der Waals surface area contributed by atoms with Gasteiger partial charge in [-0.1, -0.05) is 23.7 Å². The average molecular weight is 460 g/mol. The Balaban J connectivity index is 1.82. The molecule has 0 aliphatic carbocycles. The summed E-state index contributed by atoms with van der Waals surface area (Å²) in [4.78, 5) is 28.0. The topological polar surface area (TPSA) is 91.7 Å². The number of methoxy groups -OCH3 is 2. The van der Waals surface area contributed by atoms with Gasteiger partial charge in [-0.15, -0.1) is 0 Å². The molecule has 3 aromatic carbocycles. The number of hydrogen-bond donors (Lipinski definition) is 1. The van der Waals surface area contributed by atoms with Gasteiger partial charge in [0.15, 0.2) is 0 Å². The summed E-state index contributed by atoms with van der Waals surface area (Å²) in [6.07, 6.45) is 0. The molecule has 0 radical (unpaired) electrons. The van der Waals surface area contributed by atoms with Crippen LogP contribution in [0, 0.1) is 11.3 Å². The SMILES string of the molecule is COc1cc(NC2=C(c3ccc(Cl)cc3)C(=O)N(c3ccc(C#N)cc3)C2=O)cc(OC)c1. The normalized spacial score (nSPS) is 13.2. The number of carbonyl (C=O) groups is 2. The van der Waals surface area contributed by atoms with E-state index in [0.717, 1.165) is 4.90 Å². The number of ether oxygens (including phenoxy) is 2. The standard InChI is InChI=1S/C25H18ClN3O4/c1-32-20-11-18(12-21(13-20)33-2)28-23-22(16-5-7-17(26)8-6-16)24(30)29(25(23)31)19-9-3-15(14-27)4-10-19/h3-13,28H,1-2H3. The maximum absolute atomic E-state index is 13.5. The molecule has 0 saturated carbocycles. The van der Waals surface area contributed by atoms with Crippen LogP contribution in [-0.4, -0.2) is 26.0 Å². The number of halogens is 1. The van der Waals surface area contributed by atoms with Crippen molar-refractivity contribution in [3.05, 3.63) is 88.6 Å². The zero-order valence-corrected chi connectivity index (χ0v) is 18.5. The van der Waals surface area contributed by atoms with Crippen molar-refractivity contribution in [2.75, 3.05) is 24.4 Å². The zero-order valence-electron chi connectivity index (χ0n) is 17.8. The monoisotopic (exact) mass is 459 g/mol. The molecule has 1 heterocycles. The second-order valence-electron chi connectivity index (χ2n) is 7.09. The van der Waals surface area contributed by atoms with E-state index >= 15 is 0 Å². The van der Waals surface area contributed by atoms with Crippen LogP contribution in [0.15, 0.2) is 72.4 Å². The Labute approximate surface area is 195 Å². The van der Waals surface area contributed by atoms with Crippen molar-refractivity contribution >= 4 is 40.4 Å². The van der Waals surface area contributed by atoms with Gasteiger partial charge in [-0.2, -0.15) is 5.26 Å². The minimum absolute atomic E-state index is 0.0991. The highest BCUT2D eigenvalue weighted by molar-refractivity contribution is 6.46. The first kappa shape index (κ1) is 21.9. The molecule has 7 nitrogen and oxygen atoms in total. The molecular formula is C25H18ClN3O4. The van der Waals surface area contributed by atoms with Crippen molar-refractivity contribution in [2.24, 2.45) is 0 Å². The fraction of sp³-hybridized carbons (Fsp3) is 0.0800. The zero-order chi connectivity index (χ0) is 23.5. The number of nitriles is 1. The van der Waals surface area contributed by atoms with Crippen LogP contribution in [0.4, 0.5) is 11.4 Å². The van der Waals surface area contributed by atoms with E-state index in [4.69, 9.17) is 26.3 Å². The molecule has 1 N–H and O–H groups in total. The lowest BCUT2D eigenvalue weighted by atomic mass is 10.0. The number of carbonyl (C=O) groups excluding carboxylic acids is 2. The molecule has 4 rings (SSSR count). The largest absolute Gasteiger partial charge is 0.497 e. The van der Waals surface area contributed by atoms with Gasteiger partial charge in [0, 0.05) is 28.9 Å². The van der Waals surface area contributed by atoms with E-state index in [-0.39, 0.29) is 11.3 Å². The average Bonchev–Trinajstić information content (AvgIpc) is 3.08. The minimum Gasteiger partial charge on any atom is -0.497 e. The third-order valence-corrected chi connectivity index (χ3v) is 5.34. The molecule has 1 aliphatic heterocycles. The highest BCUT2D eigenvalue weighted by Crippen LogP contribution is 2.35. The summed E-state index contributed by atoms with van der Waals surface area (Å²) in [5, 5.41) is 12.6. The number of amides is 2. The molecule has 164 valence electrons. The summed E-state index contributed by atoms with van der Waals surface area (Å²) < 4.78 is 10.6. The second-order valence-corrected chi connectivity index (χ2v) is 7.52. The number of rotatable bonds is 6. The fourth-order valence-corrected chi connectivity index (χ4v) is 3.60. The molecule has 8 heteroatoms. The van der Waals surface area contributed by atoms with Gasteiger partial charge in [0.2, 0.25) is 0 Å². The Kier molecular flexibility index (Phi) is 6.03. The molecule has 2 amide bonds. The smallest absolute Gasteiger partial charge is 0.282 e. The fourth-order valence-electron chi connectivity index (χ4n) is 3.47. The van der Waals surface area contributed by atoms with Crippen LogP contribution < -0.4 is 19.7 Å². The van der Waals surface area contributed by atoms with Crippen molar-refractivity contribution in [1.82, 2.24) is 0 Å². The lowest BCUT2D eigenvalue weighted by Crippen LogP contribution is -2.32. The summed E-state index contributed by atoms with van der Waals surface area (Å²) in [6.45, 7) is 0. The van der Waals surface area contributed by atoms with Gasteiger partial charge >= 0.3 is 0 Å². The van der Waals surface area contributed by atoms with E-state index in [9.17, 15) is 9.59 Å². The summed E-state index contributed by atoms with van der Waals surface area (Å²) in [5.41, 5.74) is 2.12. The quantitative estimate of drug-likeness (QED) is 0.540. The number of hydrogen-bond acceptors (Lipinski definition) is 6. The van der Waals surface area contributed by atoms with Gasteiger partial charge in [-0.3, -0.25) is 9.59 Å². The number of nitrogens with zero attached hydrogens (tertiary/aromatic N) is 2. The molecule has 0 fully saturated rings. The number of anilines is 2. The molecular weight excluding hydrogens is 442 g/mol. The van der Waals surface area contributed by atoms with Crippen LogP contribution in [0.2, 0.25) is 5.02 Å². The lowest BCUT2D eigenvalue weighted by Gasteiger charge is -2.15. The molecule has 1 aliphatic rings. The number of benzene rings is 3. The molecule has 0 aromatic heterocycles. The van der Waals surface area contributed by atoms with Gasteiger partial charge in [-0.05, 0) is 42.0 Å². The summed E-state index contributed by atoms with van der Waals surface area (Å²) >= 11 is 6.02. The Morgan fingerprint density at radius 3 is 2.03 bits per heavy atom. The molecule has 0 bridgehead atoms. The summed E-state index contributed by atoms with van der Waals surface area (Å²) in [6, 6.07) is 20.0. The van der Waals surface area contributed by atoms with Crippen LogP contribution in [0.25, 0.3) is 5.57 Å². The van der Waals surface area contributed by atoms with Gasteiger partial charge in [-0.25, -0.2) is 4.90 Å². The predicted octanol–water partition coefficient (Wildman–Crippen LogP) is 4.63. The Morgan fingerprint density at radius 1 is 0.879 bits per heavy atom. The van der Waals surface area contributed by atoms with E-state index in [1.54, 1.807) is 66.7 Å². The van der Waals surface area contributed by atoms with Crippen molar-refractivity contribution in [3.8, 4) is 17.6 Å². The Bertz CT molecular complexity index is 1290. The Morgan fingerprint density at radius 2 is 1.48 bits per heavy atom. The van der Waals surface area contributed by atoms with Crippen molar-refractivity contribution in [3.63, 3.8) is 0 Å². The van der Waals surface area contributed by atoms with Crippen LogP contribution >= 0.6 is 11.6 Å². The van der Waals surface area contributed by atoms with Gasteiger partial charge in [0.05, 0.1) is 37.1 Å². The van der Waals surface area contributed by atoms with Crippen LogP contribution in [0.3, 0.4) is 0 Å². The van der Waals surface area contributed by atoms with Crippen molar-refractivity contribution in [1.29, 1.82) is 5.26 Å². The Hall–Kier alpha value is -4.28. The molecule has 0 atom stereocenters. The predicted molar refractivity (Wildman–Crippen MR) is 125 cm³/mol. The number of imide groups is 1. The first-order valence-electron chi connectivity index (χ1n) is 9.84. The van der Waals surface area contributed by atoms with E-state index in [0.29, 0.717) is 39.0 Å². The molecule has 0 saturated heterocycles. The molecule has 3 aromatic rings. The lowest BCUT2D eigenvalue weighted by molar-refractivity contribution is -0.120. The molecule has 0 spiro atoms. The maximum Gasteiger partial charge on any atom is 0.282 e. The summed E-state index contributed by atoms with van der Waals surface area (Å²) in [7, 11) is 3.04. The third-order valence-electron chi connectivity index (χ3n) is 5.09. The number of nitrogens with one attached hydrogen (secondary N) is 1. The van der Waals surface area contributed by atoms with E-state index in [1.165, 1.54) is 14.2 Å². The maximum atomic E-state index is 13.5. The molecule has 0 unspecified atom stereocenters. The van der Waals surface area contributed by atoms with Gasteiger partial charge in [0.1, 0.15) is 17.2 Å². The molecule has 33 heavy (non-hydrogen) atoms. The highest BCUT2D eigenvalue weighted by Gasteiger charge is 2.40. The van der Waals surface area contributed by atoms with Crippen LogP contribution in [0.1, 0.15) is 11.1 Å². The highest BCUT2D eigenvalue weighted by atomic mass is 35.5. The second kappa shape index (κ2) is 9.07. The van der Waals surface area contributed by atoms with Crippen molar-refractivity contribution in [2.45, 2.75) is 0 Å². The van der Waals surface area contributed by atoms with Gasteiger partial charge in [0.25, 0.3) is 11.8 Å². The van der Waals surface area contributed by atoms with E-state index < -0.39 is 11.8 Å². The first-order chi connectivity index (χ1) is 15.9. The van der Waals surface area contributed by atoms with Crippen molar-refractivity contribution < 1.29 is 19.1 Å². The van der Waals surface area contributed by atoms with E-state index in [2.05, 4.69) is 5.32 Å². The van der Waals surface area contributed by atoms with Gasteiger partial charge < -0.3 is 14.8 Å². The van der Waals surface area contributed by atoms with E-state index in [1.807, 2.05) is 6.07 Å². The van der Waals surface area contributed by atoms with Crippen LogP contribution in [-0.2, 0) is 9.59 Å². The summed E-state index contributed by atoms with van der Waals surface area (Å²) in [5.74, 6) is 0.0123. The van der Waals surface area contributed by atoms with Crippen LogP contribution in [0.5, 0.6) is 11.5 Å².